The monoisotopic (exact) mass is 520 g/mol. The van der Waals surface area contributed by atoms with E-state index < -0.39 is 19.9 Å². The van der Waals surface area contributed by atoms with Crippen LogP contribution in [0.3, 0.4) is 0 Å². The van der Waals surface area contributed by atoms with Crippen LogP contribution in [0, 0.1) is 5.41 Å². The van der Waals surface area contributed by atoms with Gasteiger partial charge in [0.2, 0.25) is 10.0 Å². The predicted octanol–water partition coefficient (Wildman–Crippen LogP) is 2.75. The van der Waals surface area contributed by atoms with E-state index in [-0.39, 0.29) is 33.4 Å². The van der Waals surface area contributed by atoms with Crippen molar-refractivity contribution in [1.29, 1.82) is 0 Å². The molecule has 0 spiro atoms. The maximum atomic E-state index is 13.3. The van der Waals surface area contributed by atoms with Crippen molar-refractivity contribution in [3.05, 3.63) is 52.6 Å². The fourth-order valence-corrected chi connectivity index (χ4v) is 6.71. The molecule has 1 aromatic carbocycles. The molecule has 0 saturated carbocycles. The molecule has 1 atom stereocenters. The van der Waals surface area contributed by atoms with Crippen LogP contribution in [-0.4, -0.2) is 54.6 Å². The number of hydrogen-bond donors (Lipinski definition) is 0. The van der Waals surface area contributed by atoms with Gasteiger partial charge in [0.25, 0.3) is 0 Å². The molecular formula is C24H32N4O5S2. The van der Waals surface area contributed by atoms with Crippen LogP contribution < -0.4 is 5.69 Å². The van der Waals surface area contributed by atoms with Crippen LogP contribution >= 0.6 is 0 Å². The summed E-state index contributed by atoms with van der Waals surface area (Å²) in [6.45, 7) is 7.45. The van der Waals surface area contributed by atoms with Gasteiger partial charge in [-0.3, -0.25) is 9.13 Å². The first-order valence-electron chi connectivity index (χ1n) is 11.5. The second-order valence-electron chi connectivity index (χ2n) is 10.5. The van der Waals surface area contributed by atoms with Gasteiger partial charge < -0.3 is 0 Å². The van der Waals surface area contributed by atoms with Crippen molar-refractivity contribution in [3.8, 4) is 0 Å². The maximum Gasteiger partial charge on any atom is 0.330 e. The molecule has 1 aliphatic rings. The molecule has 35 heavy (non-hydrogen) atoms. The zero-order valence-electron chi connectivity index (χ0n) is 20.7. The number of nitrogens with zero attached hydrogens (tertiary/aromatic N) is 4. The van der Waals surface area contributed by atoms with E-state index in [0.29, 0.717) is 25.2 Å². The zero-order chi connectivity index (χ0) is 25.8. The highest BCUT2D eigenvalue weighted by atomic mass is 32.2. The predicted molar refractivity (Wildman–Crippen MR) is 135 cm³/mol. The summed E-state index contributed by atoms with van der Waals surface area (Å²) < 4.78 is 54.7. The van der Waals surface area contributed by atoms with Crippen molar-refractivity contribution in [2.24, 2.45) is 12.5 Å². The van der Waals surface area contributed by atoms with Gasteiger partial charge in [0.15, 0.2) is 15.5 Å². The van der Waals surface area contributed by atoms with E-state index in [1.807, 2.05) is 12.1 Å². The standard InChI is InChI=1S/C24H32N4O5S2/c1-24(2,3)16-28-21-13-12-20(25-22(21)26(4)23(28)29)17-7-6-14-27(15-17)35(32,33)19-10-8-18(9-11-19)34(5,30)31/h8-13,17H,6-7,14-16H2,1-5H3. The minimum atomic E-state index is -3.79. The Morgan fingerprint density at radius 3 is 2.23 bits per heavy atom. The van der Waals surface area contributed by atoms with Crippen LogP contribution in [0.4, 0.5) is 0 Å². The second-order valence-corrected chi connectivity index (χ2v) is 14.5. The molecule has 11 heteroatoms. The minimum Gasteiger partial charge on any atom is -0.290 e. The van der Waals surface area contributed by atoms with Crippen LogP contribution in [0.15, 0.2) is 51.0 Å². The van der Waals surface area contributed by atoms with Gasteiger partial charge in [-0.05, 0) is 54.7 Å². The second kappa shape index (κ2) is 8.86. The van der Waals surface area contributed by atoms with Gasteiger partial charge in [-0.15, -0.1) is 0 Å². The Morgan fingerprint density at radius 2 is 1.63 bits per heavy atom. The molecule has 4 rings (SSSR count). The van der Waals surface area contributed by atoms with Crippen molar-refractivity contribution in [2.45, 2.75) is 55.9 Å². The number of pyridine rings is 1. The molecule has 0 aliphatic carbocycles. The zero-order valence-corrected chi connectivity index (χ0v) is 22.4. The summed E-state index contributed by atoms with van der Waals surface area (Å²) in [5.74, 6) is -0.112. The molecule has 1 unspecified atom stereocenters. The number of benzene rings is 1. The number of fused-ring (bicyclic) bond motifs is 1. The smallest absolute Gasteiger partial charge is 0.290 e. The fourth-order valence-electron chi connectivity index (χ4n) is 4.55. The van der Waals surface area contributed by atoms with Crippen LogP contribution in [0.2, 0.25) is 0 Å². The lowest BCUT2D eigenvalue weighted by Gasteiger charge is -2.31. The summed E-state index contributed by atoms with van der Waals surface area (Å²) in [4.78, 5) is 17.8. The highest BCUT2D eigenvalue weighted by Crippen LogP contribution is 2.31. The van der Waals surface area contributed by atoms with Crippen molar-refractivity contribution in [2.75, 3.05) is 19.3 Å². The summed E-state index contributed by atoms with van der Waals surface area (Å²) in [6, 6.07) is 9.12. The summed E-state index contributed by atoms with van der Waals surface area (Å²) in [5, 5.41) is 0. The summed E-state index contributed by atoms with van der Waals surface area (Å²) in [7, 11) is -5.49. The lowest BCUT2D eigenvalue weighted by molar-refractivity contribution is 0.313. The third kappa shape index (κ3) is 5.07. The molecule has 0 bridgehead atoms. The van der Waals surface area contributed by atoms with E-state index in [4.69, 9.17) is 4.98 Å². The van der Waals surface area contributed by atoms with Crippen LogP contribution in [0.1, 0.15) is 45.2 Å². The minimum absolute atomic E-state index is 0.0654. The van der Waals surface area contributed by atoms with Gasteiger partial charge in [-0.2, -0.15) is 4.31 Å². The van der Waals surface area contributed by atoms with Crippen LogP contribution in [-0.2, 0) is 33.5 Å². The normalized spacial score (nSPS) is 18.3. The molecule has 1 saturated heterocycles. The number of piperidine rings is 1. The fraction of sp³-hybridized carbons (Fsp3) is 0.500. The highest BCUT2D eigenvalue weighted by molar-refractivity contribution is 7.90. The molecule has 1 aliphatic heterocycles. The maximum absolute atomic E-state index is 13.3. The summed E-state index contributed by atoms with van der Waals surface area (Å²) >= 11 is 0. The number of aromatic nitrogens is 3. The molecule has 3 heterocycles. The average Bonchev–Trinajstić information content (AvgIpc) is 3.02. The number of sulfonamides is 1. The molecule has 9 nitrogen and oxygen atoms in total. The Labute approximate surface area is 206 Å². The van der Waals surface area contributed by atoms with E-state index in [9.17, 15) is 21.6 Å². The van der Waals surface area contributed by atoms with E-state index in [1.54, 1.807) is 16.2 Å². The Bertz CT molecular complexity index is 1530. The average molecular weight is 521 g/mol. The van der Waals surface area contributed by atoms with Crippen molar-refractivity contribution in [3.63, 3.8) is 0 Å². The summed E-state index contributed by atoms with van der Waals surface area (Å²) in [6.07, 6.45) is 2.55. The van der Waals surface area contributed by atoms with Gasteiger partial charge in [0.05, 0.1) is 15.3 Å². The topological polar surface area (TPSA) is 111 Å². The Balaban J connectivity index is 1.63. The Morgan fingerprint density at radius 1 is 1.00 bits per heavy atom. The largest absolute Gasteiger partial charge is 0.330 e. The number of rotatable bonds is 5. The van der Waals surface area contributed by atoms with Gasteiger partial charge in [0, 0.05) is 44.5 Å². The molecule has 1 fully saturated rings. The van der Waals surface area contributed by atoms with Crippen molar-refractivity contribution in [1.82, 2.24) is 18.4 Å². The Kier molecular flexibility index (Phi) is 6.48. The highest BCUT2D eigenvalue weighted by Gasteiger charge is 2.32. The third-order valence-corrected chi connectivity index (χ3v) is 9.33. The first kappa shape index (κ1) is 25.6. The number of imidazole rings is 1. The van der Waals surface area contributed by atoms with Crippen LogP contribution in [0.25, 0.3) is 11.2 Å². The Hall–Kier alpha value is -2.50. The quantitative estimate of drug-likeness (QED) is 0.511. The molecule has 0 amide bonds. The number of hydrogen-bond acceptors (Lipinski definition) is 6. The van der Waals surface area contributed by atoms with E-state index in [0.717, 1.165) is 23.9 Å². The molecule has 0 radical (unpaired) electrons. The van der Waals surface area contributed by atoms with Gasteiger partial charge >= 0.3 is 5.69 Å². The van der Waals surface area contributed by atoms with Gasteiger partial charge in [-0.1, -0.05) is 20.8 Å². The lowest BCUT2D eigenvalue weighted by atomic mass is 9.95. The van der Waals surface area contributed by atoms with Gasteiger partial charge in [0.1, 0.15) is 0 Å². The molecule has 2 aromatic heterocycles. The van der Waals surface area contributed by atoms with E-state index in [1.165, 1.54) is 28.6 Å². The van der Waals surface area contributed by atoms with Gasteiger partial charge in [-0.25, -0.2) is 26.6 Å². The lowest BCUT2D eigenvalue weighted by Crippen LogP contribution is -2.39. The van der Waals surface area contributed by atoms with E-state index in [2.05, 4.69) is 20.8 Å². The van der Waals surface area contributed by atoms with Crippen molar-refractivity contribution < 1.29 is 16.8 Å². The first-order valence-corrected chi connectivity index (χ1v) is 14.9. The molecule has 190 valence electrons. The number of aryl methyl sites for hydroxylation is 1. The number of sulfone groups is 1. The SMILES string of the molecule is Cn1c(=O)n(CC(C)(C)C)c2ccc(C3CCCN(S(=O)(=O)c4ccc(S(C)(=O)=O)cc4)C3)nc21. The van der Waals surface area contributed by atoms with E-state index >= 15 is 0 Å². The third-order valence-electron chi connectivity index (χ3n) is 6.33. The molecular weight excluding hydrogens is 488 g/mol. The first-order chi connectivity index (χ1) is 16.2. The van der Waals surface area contributed by atoms with Crippen LogP contribution in [0.5, 0.6) is 0 Å². The summed E-state index contributed by atoms with van der Waals surface area (Å²) in [5.41, 5.74) is 1.92. The van der Waals surface area contributed by atoms with Crippen molar-refractivity contribution >= 4 is 31.0 Å². The molecule has 3 aromatic rings. The molecule has 0 N–H and O–H groups in total.